The molecule has 1 saturated heterocycles. The minimum absolute atomic E-state index is 0.249. The molecule has 22 heavy (non-hydrogen) atoms. The van der Waals surface area contributed by atoms with Crippen molar-refractivity contribution in [2.24, 2.45) is 0 Å². The number of carboxylic acids is 1. The summed E-state index contributed by atoms with van der Waals surface area (Å²) in [7, 11) is 0. The first kappa shape index (κ1) is 16.7. The summed E-state index contributed by atoms with van der Waals surface area (Å²) in [6.07, 6.45) is 1.42. The number of hydrogen-bond donors (Lipinski definition) is 2. The first-order chi connectivity index (χ1) is 10.2. The third-order valence-corrected chi connectivity index (χ3v) is 4.13. The molecule has 0 spiro atoms. The lowest BCUT2D eigenvalue weighted by atomic mass is 9.99. The quantitative estimate of drug-likeness (QED) is 0.874. The molecule has 0 bridgehead atoms. The molecule has 0 radical (unpaired) electrons. The highest BCUT2D eigenvalue weighted by Gasteiger charge is 2.46. The van der Waals surface area contributed by atoms with Crippen LogP contribution in [0.15, 0.2) is 11.7 Å². The van der Waals surface area contributed by atoms with E-state index < -0.39 is 23.2 Å². The molecular weight excluding hydrogens is 306 g/mol. The van der Waals surface area contributed by atoms with Crippen molar-refractivity contribution in [3.05, 3.63) is 16.6 Å². The van der Waals surface area contributed by atoms with Gasteiger partial charge in [-0.15, -0.1) is 11.3 Å². The van der Waals surface area contributed by atoms with Crippen molar-refractivity contribution in [1.82, 2.24) is 15.2 Å². The molecule has 2 N–H and O–H groups in total. The Morgan fingerprint density at radius 1 is 1.55 bits per heavy atom. The molecule has 0 saturated carbocycles. The predicted molar refractivity (Wildman–Crippen MR) is 81.7 cm³/mol. The molecule has 1 atom stereocenters. The van der Waals surface area contributed by atoms with Crippen LogP contribution < -0.4 is 5.32 Å². The van der Waals surface area contributed by atoms with Crippen LogP contribution in [-0.4, -0.2) is 51.3 Å². The summed E-state index contributed by atoms with van der Waals surface area (Å²) in [5, 5.41) is 12.1. The van der Waals surface area contributed by atoms with Gasteiger partial charge in [-0.2, -0.15) is 0 Å². The summed E-state index contributed by atoms with van der Waals surface area (Å²) in [5.74, 6) is -1.04. The summed E-state index contributed by atoms with van der Waals surface area (Å²) in [6.45, 7) is 6.70. The molecule has 2 rings (SSSR count). The smallest absolute Gasteiger partial charge is 0.408 e. The maximum absolute atomic E-state index is 11.9. The van der Waals surface area contributed by atoms with Gasteiger partial charge in [0.2, 0.25) is 0 Å². The maximum atomic E-state index is 11.9. The molecule has 1 aliphatic rings. The van der Waals surface area contributed by atoms with Gasteiger partial charge in [-0.3, -0.25) is 9.88 Å². The number of amides is 1. The lowest BCUT2D eigenvalue weighted by molar-refractivity contribution is -0.144. The molecule has 1 fully saturated rings. The Labute approximate surface area is 133 Å². The van der Waals surface area contributed by atoms with E-state index in [9.17, 15) is 14.7 Å². The second-order valence-corrected chi connectivity index (χ2v) is 7.41. The van der Waals surface area contributed by atoms with Gasteiger partial charge in [0.15, 0.2) is 5.54 Å². The highest BCUT2D eigenvalue weighted by atomic mass is 32.1. The number of carbonyl (C=O) groups is 2. The van der Waals surface area contributed by atoms with Gasteiger partial charge in [0.25, 0.3) is 0 Å². The first-order valence-electron chi connectivity index (χ1n) is 7.04. The van der Waals surface area contributed by atoms with Crippen molar-refractivity contribution in [2.45, 2.75) is 44.9 Å². The first-order valence-corrected chi connectivity index (χ1v) is 7.92. The second-order valence-electron chi connectivity index (χ2n) is 6.44. The lowest BCUT2D eigenvalue weighted by Crippen LogP contribution is -2.57. The standard InChI is InChI=1S/C14H21N3O4S/c1-13(2,3)21-12(20)16-14(11(18)19)4-5-17(8-14)7-10-6-15-9-22-10/h6,9H,4-5,7-8H2,1-3H3,(H,16,20)(H,18,19). The molecule has 2 heterocycles. The van der Waals surface area contributed by atoms with Crippen molar-refractivity contribution in [3.63, 3.8) is 0 Å². The van der Waals surface area contributed by atoms with E-state index in [0.29, 0.717) is 19.5 Å². The van der Waals surface area contributed by atoms with Crippen molar-refractivity contribution in [3.8, 4) is 0 Å². The molecule has 1 amide bonds. The molecule has 1 aromatic heterocycles. The number of alkyl carbamates (subject to hydrolysis) is 1. The minimum Gasteiger partial charge on any atom is -0.479 e. The Kier molecular flexibility index (Phi) is 4.72. The third-order valence-electron chi connectivity index (χ3n) is 3.36. The number of carboxylic acid groups (broad SMARTS) is 1. The van der Waals surface area contributed by atoms with E-state index in [4.69, 9.17) is 4.74 Å². The second kappa shape index (κ2) is 6.21. The summed E-state index contributed by atoms with van der Waals surface area (Å²) in [6, 6.07) is 0. The molecule has 0 aliphatic carbocycles. The van der Waals surface area contributed by atoms with Gasteiger partial charge in [0, 0.05) is 30.7 Å². The number of hydrogen-bond acceptors (Lipinski definition) is 6. The number of aromatic nitrogens is 1. The fourth-order valence-corrected chi connectivity index (χ4v) is 3.03. The van der Waals surface area contributed by atoms with Gasteiger partial charge in [-0.1, -0.05) is 0 Å². The van der Waals surface area contributed by atoms with Gasteiger partial charge in [0.1, 0.15) is 5.60 Å². The van der Waals surface area contributed by atoms with Crippen LogP contribution in [0.5, 0.6) is 0 Å². The number of ether oxygens (including phenoxy) is 1. The summed E-state index contributed by atoms with van der Waals surface area (Å²) in [5.41, 5.74) is -0.216. The van der Waals surface area contributed by atoms with Gasteiger partial charge in [0.05, 0.1) is 5.51 Å². The van der Waals surface area contributed by atoms with E-state index in [0.717, 1.165) is 4.88 Å². The summed E-state index contributed by atoms with van der Waals surface area (Å²) >= 11 is 1.53. The van der Waals surface area contributed by atoms with Gasteiger partial charge >= 0.3 is 12.1 Å². The monoisotopic (exact) mass is 327 g/mol. The topological polar surface area (TPSA) is 91.8 Å². The van der Waals surface area contributed by atoms with Crippen LogP contribution in [0.25, 0.3) is 0 Å². The molecule has 1 unspecified atom stereocenters. The van der Waals surface area contributed by atoms with Crippen LogP contribution in [-0.2, 0) is 16.1 Å². The Bertz CT molecular complexity index is 541. The van der Waals surface area contributed by atoms with Crippen LogP contribution in [0.4, 0.5) is 4.79 Å². The number of nitrogens with zero attached hydrogens (tertiary/aromatic N) is 2. The SMILES string of the molecule is CC(C)(C)OC(=O)NC1(C(=O)O)CCN(Cc2cncs2)C1. The van der Waals surface area contributed by atoms with E-state index in [2.05, 4.69) is 10.3 Å². The van der Waals surface area contributed by atoms with E-state index >= 15 is 0 Å². The normalized spacial score (nSPS) is 22.5. The summed E-state index contributed by atoms with van der Waals surface area (Å²) < 4.78 is 5.18. The number of aliphatic carboxylic acids is 1. The summed E-state index contributed by atoms with van der Waals surface area (Å²) in [4.78, 5) is 30.7. The Morgan fingerprint density at radius 2 is 2.27 bits per heavy atom. The van der Waals surface area contributed by atoms with Crippen molar-refractivity contribution < 1.29 is 19.4 Å². The average molecular weight is 327 g/mol. The van der Waals surface area contributed by atoms with Gasteiger partial charge in [-0.05, 0) is 27.2 Å². The fraction of sp³-hybridized carbons (Fsp3) is 0.643. The average Bonchev–Trinajstić information content (AvgIpc) is 2.98. The third kappa shape index (κ3) is 4.17. The van der Waals surface area contributed by atoms with E-state index in [1.165, 1.54) is 11.3 Å². The Hall–Kier alpha value is -1.67. The fourth-order valence-electron chi connectivity index (χ4n) is 2.39. The zero-order valence-corrected chi connectivity index (χ0v) is 13.8. The maximum Gasteiger partial charge on any atom is 0.408 e. The lowest BCUT2D eigenvalue weighted by Gasteiger charge is -2.28. The molecule has 0 aromatic carbocycles. The Balaban J connectivity index is 2.01. The van der Waals surface area contributed by atoms with Crippen LogP contribution in [0.1, 0.15) is 32.1 Å². The Morgan fingerprint density at radius 3 is 2.82 bits per heavy atom. The number of thiazole rings is 1. The van der Waals surface area contributed by atoms with Crippen molar-refractivity contribution in [1.29, 1.82) is 0 Å². The zero-order chi connectivity index (χ0) is 16.4. The largest absolute Gasteiger partial charge is 0.479 e. The van der Waals surface area contributed by atoms with E-state index in [1.807, 2.05) is 4.90 Å². The number of likely N-dealkylation sites (tertiary alicyclic amines) is 1. The zero-order valence-electron chi connectivity index (χ0n) is 13.0. The molecule has 1 aromatic rings. The van der Waals surface area contributed by atoms with Crippen molar-refractivity contribution >= 4 is 23.4 Å². The number of nitrogens with one attached hydrogen (secondary N) is 1. The molecular formula is C14H21N3O4S. The highest BCUT2D eigenvalue weighted by molar-refractivity contribution is 7.09. The molecule has 7 nitrogen and oxygen atoms in total. The number of rotatable bonds is 4. The molecule has 8 heteroatoms. The van der Waals surface area contributed by atoms with Crippen LogP contribution in [0.3, 0.4) is 0 Å². The number of carbonyl (C=O) groups excluding carboxylic acids is 1. The molecule has 122 valence electrons. The van der Waals surface area contributed by atoms with E-state index in [-0.39, 0.29) is 6.54 Å². The predicted octanol–water partition coefficient (Wildman–Crippen LogP) is 1.70. The van der Waals surface area contributed by atoms with E-state index in [1.54, 1.807) is 32.5 Å². The van der Waals surface area contributed by atoms with Crippen LogP contribution >= 0.6 is 11.3 Å². The van der Waals surface area contributed by atoms with Crippen molar-refractivity contribution in [2.75, 3.05) is 13.1 Å². The van der Waals surface area contributed by atoms with Gasteiger partial charge in [-0.25, -0.2) is 9.59 Å². The van der Waals surface area contributed by atoms with Gasteiger partial charge < -0.3 is 15.2 Å². The van der Waals surface area contributed by atoms with Crippen LogP contribution in [0, 0.1) is 0 Å². The molecule has 1 aliphatic heterocycles. The highest BCUT2D eigenvalue weighted by Crippen LogP contribution is 2.25. The van der Waals surface area contributed by atoms with Crippen LogP contribution in [0.2, 0.25) is 0 Å². The minimum atomic E-state index is -1.30.